The van der Waals surface area contributed by atoms with Crippen LogP contribution < -0.4 is 0 Å². The van der Waals surface area contributed by atoms with Gasteiger partial charge in [0.2, 0.25) is 0 Å². The molecule has 1 saturated heterocycles. The molecule has 1 aliphatic rings. The molecule has 0 bridgehead atoms. The molecule has 0 unspecified atom stereocenters. The standard InChI is InChI=1S/C14H19NO2S/c1-18-11-13-7-8-15(9-13)14(16)17-10-12-5-3-2-4-6-12/h2-6,13H,7-11H2,1H3/t13-/m1/s1. The molecule has 98 valence electrons. The van der Waals surface area contributed by atoms with Gasteiger partial charge >= 0.3 is 6.09 Å². The number of carbonyl (C=O) groups excluding carboxylic acids is 1. The molecule has 0 N–H and O–H groups in total. The number of ether oxygens (including phenoxy) is 1. The van der Waals surface area contributed by atoms with Crippen LogP contribution in [0, 0.1) is 5.92 Å². The molecule has 1 aliphatic heterocycles. The number of nitrogens with zero attached hydrogens (tertiary/aromatic N) is 1. The molecule has 18 heavy (non-hydrogen) atoms. The Morgan fingerprint density at radius 1 is 1.44 bits per heavy atom. The van der Waals surface area contributed by atoms with Crippen molar-refractivity contribution >= 4 is 17.9 Å². The third kappa shape index (κ3) is 3.67. The molecule has 4 heteroatoms. The molecule has 3 nitrogen and oxygen atoms in total. The lowest BCUT2D eigenvalue weighted by molar-refractivity contribution is 0.103. The maximum Gasteiger partial charge on any atom is 0.410 e. The number of benzene rings is 1. The van der Waals surface area contributed by atoms with Gasteiger partial charge in [-0.15, -0.1) is 0 Å². The zero-order valence-electron chi connectivity index (χ0n) is 10.7. The van der Waals surface area contributed by atoms with Crippen LogP contribution in [0.15, 0.2) is 30.3 Å². The fraction of sp³-hybridized carbons (Fsp3) is 0.500. The van der Waals surface area contributed by atoms with Crippen molar-refractivity contribution in [3.05, 3.63) is 35.9 Å². The van der Waals surface area contributed by atoms with E-state index in [0.717, 1.165) is 30.8 Å². The fourth-order valence-corrected chi connectivity index (χ4v) is 2.92. The van der Waals surface area contributed by atoms with Crippen molar-refractivity contribution in [2.75, 3.05) is 25.1 Å². The van der Waals surface area contributed by atoms with E-state index in [1.807, 2.05) is 47.0 Å². The van der Waals surface area contributed by atoms with Gasteiger partial charge in [0, 0.05) is 13.1 Å². The van der Waals surface area contributed by atoms with E-state index in [0.29, 0.717) is 12.5 Å². The van der Waals surface area contributed by atoms with Crippen LogP contribution in [0.1, 0.15) is 12.0 Å². The summed E-state index contributed by atoms with van der Waals surface area (Å²) in [6.45, 7) is 2.04. The number of hydrogen-bond acceptors (Lipinski definition) is 3. The molecule has 0 radical (unpaired) electrons. The summed E-state index contributed by atoms with van der Waals surface area (Å²) in [5, 5.41) is 0. The molecule has 1 aromatic rings. The predicted octanol–water partition coefficient (Wildman–Crippen LogP) is 3.01. The largest absolute Gasteiger partial charge is 0.445 e. The van der Waals surface area contributed by atoms with Gasteiger partial charge in [-0.25, -0.2) is 4.79 Å². The van der Waals surface area contributed by atoms with E-state index < -0.39 is 0 Å². The van der Waals surface area contributed by atoms with Crippen LogP contribution in [-0.4, -0.2) is 36.1 Å². The van der Waals surface area contributed by atoms with Gasteiger partial charge in [-0.1, -0.05) is 30.3 Å². The summed E-state index contributed by atoms with van der Waals surface area (Å²) in [7, 11) is 0. The summed E-state index contributed by atoms with van der Waals surface area (Å²) >= 11 is 1.84. The second-order valence-corrected chi connectivity index (χ2v) is 5.51. The maximum atomic E-state index is 11.9. The van der Waals surface area contributed by atoms with E-state index in [9.17, 15) is 4.79 Å². The van der Waals surface area contributed by atoms with E-state index in [-0.39, 0.29) is 6.09 Å². The SMILES string of the molecule is CSC[C@@H]1CCN(C(=O)OCc2ccccc2)C1. The minimum atomic E-state index is -0.178. The number of rotatable bonds is 4. The third-order valence-corrected chi connectivity index (χ3v) is 3.96. The quantitative estimate of drug-likeness (QED) is 0.838. The lowest BCUT2D eigenvalue weighted by atomic mass is 10.2. The predicted molar refractivity (Wildman–Crippen MR) is 74.7 cm³/mol. The van der Waals surface area contributed by atoms with E-state index in [4.69, 9.17) is 4.74 Å². The highest BCUT2D eigenvalue weighted by Crippen LogP contribution is 2.20. The number of likely N-dealkylation sites (tertiary alicyclic amines) is 1. The lowest BCUT2D eigenvalue weighted by Gasteiger charge is -2.16. The van der Waals surface area contributed by atoms with Crippen LogP contribution in [-0.2, 0) is 11.3 Å². The molecule has 1 amide bonds. The van der Waals surface area contributed by atoms with Crippen molar-refractivity contribution in [1.82, 2.24) is 4.90 Å². The summed E-state index contributed by atoms with van der Waals surface area (Å²) < 4.78 is 5.32. The summed E-state index contributed by atoms with van der Waals surface area (Å²) in [4.78, 5) is 13.7. The van der Waals surface area contributed by atoms with Crippen molar-refractivity contribution in [2.24, 2.45) is 5.92 Å². The van der Waals surface area contributed by atoms with E-state index in [1.54, 1.807) is 0 Å². The minimum absolute atomic E-state index is 0.178. The fourth-order valence-electron chi connectivity index (χ4n) is 2.18. The molecule has 1 atom stereocenters. The summed E-state index contributed by atoms with van der Waals surface area (Å²) in [5.41, 5.74) is 1.03. The van der Waals surface area contributed by atoms with Crippen LogP contribution in [0.3, 0.4) is 0 Å². The molecule has 0 aliphatic carbocycles. The first-order chi connectivity index (χ1) is 8.79. The number of thioether (sulfide) groups is 1. The van der Waals surface area contributed by atoms with Gasteiger partial charge in [0.15, 0.2) is 0 Å². The molecular weight excluding hydrogens is 246 g/mol. The second kappa shape index (κ2) is 6.69. The number of hydrogen-bond donors (Lipinski definition) is 0. The molecule has 1 heterocycles. The molecule has 2 rings (SSSR count). The van der Waals surface area contributed by atoms with Crippen molar-refractivity contribution < 1.29 is 9.53 Å². The van der Waals surface area contributed by atoms with Crippen LogP contribution in [0.25, 0.3) is 0 Å². The first-order valence-electron chi connectivity index (χ1n) is 6.24. The Labute approximate surface area is 113 Å². The Bertz CT molecular complexity index is 383. The highest BCUT2D eigenvalue weighted by Gasteiger charge is 2.26. The lowest BCUT2D eigenvalue weighted by Crippen LogP contribution is -2.29. The molecule has 1 aromatic carbocycles. The third-order valence-electron chi connectivity index (χ3n) is 3.15. The number of carbonyl (C=O) groups is 1. The van der Waals surface area contributed by atoms with E-state index >= 15 is 0 Å². The highest BCUT2D eigenvalue weighted by atomic mass is 32.2. The van der Waals surface area contributed by atoms with Crippen LogP contribution in [0.4, 0.5) is 4.79 Å². The Morgan fingerprint density at radius 3 is 2.94 bits per heavy atom. The smallest absolute Gasteiger partial charge is 0.410 e. The monoisotopic (exact) mass is 265 g/mol. The van der Waals surface area contributed by atoms with Crippen LogP contribution in [0.5, 0.6) is 0 Å². The Hall–Kier alpha value is -1.16. The van der Waals surface area contributed by atoms with Crippen molar-refractivity contribution in [1.29, 1.82) is 0 Å². The van der Waals surface area contributed by atoms with Gasteiger partial charge in [0.1, 0.15) is 6.61 Å². The van der Waals surface area contributed by atoms with Gasteiger partial charge < -0.3 is 9.64 Å². The highest BCUT2D eigenvalue weighted by molar-refractivity contribution is 7.98. The van der Waals surface area contributed by atoms with E-state index in [1.165, 1.54) is 0 Å². The molecule has 0 aromatic heterocycles. The summed E-state index contributed by atoms with van der Waals surface area (Å²) in [6.07, 6.45) is 3.03. The molecular formula is C14H19NO2S. The first kappa shape index (κ1) is 13.3. The van der Waals surface area contributed by atoms with Crippen molar-refractivity contribution in [3.63, 3.8) is 0 Å². The first-order valence-corrected chi connectivity index (χ1v) is 7.63. The Morgan fingerprint density at radius 2 is 2.22 bits per heavy atom. The van der Waals surface area contributed by atoms with Gasteiger partial charge in [0.25, 0.3) is 0 Å². The van der Waals surface area contributed by atoms with Gasteiger partial charge in [0.05, 0.1) is 0 Å². The minimum Gasteiger partial charge on any atom is -0.445 e. The molecule has 1 fully saturated rings. The zero-order valence-corrected chi connectivity index (χ0v) is 11.5. The second-order valence-electron chi connectivity index (χ2n) is 4.60. The number of amides is 1. The van der Waals surface area contributed by atoms with Crippen molar-refractivity contribution in [2.45, 2.75) is 13.0 Å². The maximum absolute atomic E-state index is 11.9. The summed E-state index contributed by atoms with van der Waals surface area (Å²) in [5.74, 6) is 1.76. The topological polar surface area (TPSA) is 29.5 Å². The van der Waals surface area contributed by atoms with Gasteiger partial charge in [-0.05, 0) is 29.9 Å². The van der Waals surface area contributed by atoms with Crippen LogP contribution >= 0.6 is 11.8 Å². The Kier molecular flexibility index (Phi) is 4.93. The van der Waals surface area contributed by atoms with Gasteiger partial charge in [-0.2, -0.15) is 11.8 Å². The van der Waals surface area contributed by atoms with E-state index in [2.05, 4.69) is 6.26 Å². The summed E-state index contributed by atoms with van der Waals surface area (Å²) in [6, 6.07) is 9.79. The van der Waals surface area contributed by atoms with Crippen molar-refractivity contribution in [3.8, 4) is 0 Å². The average molecular weight is 265 g/mol. The normalized spacial score (nSPS) is 18.9. The zero-order chi connectivity index (χ0) is 12.8. The molecule has 0 saturated carbocycles. The van der Waals surface area contributed by atoms with Crippen LogP contribution in [0.2, 0.25) is 0 Å². The molecule has 0 spiro atoms. The van der Waals surface area contributed by atoms with Gasteiger partial charge in [-0.3, -0.25) is 0 Å². The Balaban J connectivity index is 1.76. The average Bonchev–Trinajstić information content (AvgIpc) is 2.86.